The molecule has 2 aliphatic carbocycles. The van der Waals surface area contributed by atoms with Gasteiger partial charge >= 0.3 is 5.97 Å². The lowest BCUT2D eigenvalue weighted by Gasteiger charge is -2.51. The first-order valence-electron chi connectivity index (χ1n) is 5.49. The molecule has 0 aromatic rings. The van der Waals surface area contributed by atoms with Crippen molar-refractivity contribution in [1.82, 2.24) is 0 Å². The molecular weight excluding hydrogens is 190 g/mol. The van der Waals surface area contributed by atoms with Gasteiger partial charge in [-0.05, 0) is 43.1 Å². The maximum Gasteiger partial charge on any atom is 0.303 e. The van der Waals surface area contributed by atoms with Gasteiger partial charge in [0.05, 0.1) is 6.42 Å². The minimum absolute atomic E-state index is 0.151. The first-order chi connectivity index (χ1) is 7.11. The van der Waals surface area contributed by atoms with E-state index in [0.717, 1.165) is 19.3 Å². The van der Waals surface area contributed by atoms with E-state index in [-0.39, 0.29) is 11.8 Å². The molecule has 2 aliphatic rings. The number of carboxylic acids is 1. The summed E-state index contributed by atoms with van der Waals surface area (Å²) in [5.41, 5.74) is 5.59. The normalized spacial score (nSPS) is 42.8. The number of nitrogens with two attached hydrogens (primary N) is 1. The molecule has 3 N–H and O–H groups in total. The van der Waals surface area contributed by atoms with Crippen LogP contribution < -0.4 is 5.73 Å². The van der Waals surface area contributed by atoms with Crippen molar-refractivity contribution >= 4 is 5.97 Å². The fraction of sp³-hybridized carbons (Fsp3) is 0.750. The number of carboxylic acid groups (broad SMARTS) is 1. The maximum absolute atomic E-state index is 10.8. The van der Waals surface area contributed by atoms with Crippen LogP contribution in [-0.4, -0.2) is 17.6 Å². The third kappa shape index (κ3) is 1.53. The predicted molar refractivity (Wildman–Crippen MR) is 56.9 cm³/mol. The van der Waals surface area contributed by atoms with E-state index < -0.39 is 5.97 Å². The van der Waals surface area contributed by atoms with Crippen molar-refractivity contribution in [3.63, 3.8) is 0 Å². The standard InChI is InChI=1S/C12H17NO2/c1-2-8-3-9-5-12(7-13,6-11(14)15)10(9)4-8/h1,8-10H,3-7,13H2,(H,14,15)/t8-,9-,10-,12-/m1/s1. The molecule has 2 rings (SSSR count). The fourth-order valence-electron chi connectivity index (χ4n) is 3.56. The molecule has 0 unspecified atom stereocenters. The highest BCUT2D eigenvalue weighted by Crippen LogP contribution is 2.61. The SMILES string of the molecule is C#C[C@@H]1C[C@@H]2C[C@](CN)(CC(=O)O)[C@@H]2C1. The summed E-state index contributed by atoms with van der Waals surface area (Å²) >= 11 is 0. The van der Waals surface area contributed by atoms with Crippen molar-refractivity contribution in [2.45, 2.75) is 25.7 Å². The molecule has 0 amide bonds. The van der Waals surface area contributed by atoms with Crippen LogP contribution in [-0.2, 0) is 4.79 Å². The molecule has 3 nitrogen and oxygen atoms in total. The van der Waals surface area contributed by atoms with Gasteiger partial charge in [0.25, 0.3) is 0 Å². The third-order valence-corrected chi connectivity index (χ3v) is 4.30. The van der Waals surface area contributed by atoms with Gasteiger partial charge < -0.3 is 10.8 Å². The average molecular weight is 207 g/mol. The second kappa shape index (κ2) is 3.53. The minimum atomic E-state index is -0.733. The Morgan fingerprint density at radius 3 is 2.87 bits per heavy atom. The van der Waals surface area contributed by atoms with Crippen LogP contribution >= 0.6 is 0 Å². The van der Waals surface area contributed by atoms with E-state index in [1.54, 1.807) is 0 Å². The predicted octanol–water partition coefficient (Wildman–Crippen LogP) is 1.09. The molecule has 0 aliphatic heterocycles. The summed E-state index contributed by atoms with van der Waals surface area (Å²) in [6.07, 6.45) is 8.64. The lowest BCUT2D eigenvalue weighted by Crippen LogP contribution is -2.51. The monoisotopic (exact) mass is 207 g/mol. The van der Waals surface area contributed by atoms with Gasteiger partial charge in [-0.3, -0.25) is 4.79 Å². The fourth-order valence-corrected chi connectivity index (χ4v) is 3.56. The number of hydrogen-bond acceptors (Lipinski definition) is 2. The number of carbonyl (C=O) groups is 1. The van der Waals surface area contributed by atoms with Crippen molar-refractivity contribution < 1.29 is 9.90 Å². The van der Waals surface area contributed by atoms with Gasteiger partial charge in [0.15, 0.2) is 0 Å². The van der Waals surface area contributed by atoms with E-state index >= 15 is 0 Å². The Hall–Kier alpha value is -1.01. The summed E-state index contributed by atoms with van der Waals surface area (Å²) in [6, 6.07) is 0. The number of fused-ring (bicyclic) bond motifs is 1. The van der Waals surface area contributed by atoms with Gasteiger partial charge in [0, 0.05) is 5.92 Å². The lowest BCUT2D eigenvalue weighted by molar-refractivity contribution is -0.145. The molecule has 0 bridgehead atoms. The summed E-state index contributed by atoms with van der Waals surface area (Å²) in [6.45, 7) is 0.484. The topological polar surface area (TPSA) is 63.3 Å². The lowest BCUT2D eigenvalue weighted by atomic mass is 9.53. The van der Waals surface area contributed by atoms with Gasteiger partial charge in [0.2, 0.25) is 0 Å². The van der Waals surface area contributed by atoms with E-state index in [0.29, 0.717) is 24.3 Å². The zero-order valence-corrected chi connectivity index (χ0v) is 8.78. The Morgan fingerprint density at radius 2 is 2.33 bits per heavy atom. The molecule has 82 valence electrons. The van der Waals surface area contributed by atoms with Crippen LogP contribution in [0.1, 0.15) is 25.7 Å². The van der Waals surface area contributed by atoms with Gasteiger partial charge in [-0.2, -0.15) is 0 Å². The van der Waals surface area contributed by atoms with Crippen LogP contribution in [0.4, 0.5) is 0 Å². The summed E-state index contributed by atoms with van der Waals surface area (Å²) in [7, 11) is 0. The van der Waals surface area contributed by atoms with Crippen LogP contribution in [0.25, 0.3) is 0 Å². The summed E-state index contributed by atoms with van der Waals surface area (Å²) < 4.78 is 0. The first kappa shape index (κ1) is 10.5. The Balaban J connectivity index is 2.07. The molecule has 0 spiro atoms. The average Bonchev–Trinajstić information content (AvgIpc) is 2.53. The van der Waals surface area contributed by atoms with Gasteiger partial charge in [-0.15, -0.1) is 12.3 Å². The quantitative estimate of drug-likeness (QED) is 0.681. The first-order valence-corrected chi connectivity index (χ1v) is 5.49. The molecule has 15 heavy (non-hydrogen) atoms. The Bertz CT molecular complexity index is 320. The molecule has 0 aromatic carbocycles. The van der Waals surface area contributed by atoms with E-state index in [9.17, 15) is 4.79 Å². The molecular formula is C12H17NO2. The smallest absolute Gasteiger partial charge is 0.303 e. The van der Waals surface area contributed by atoms with Gasteiger partial charge in [-0.25, -0.2) is 0 Å². The molecule has 2 fully saturated rings. The highest BCUT2D eigenvalue weighted by atomic mass is 16.4. The molecule has 0 radical (unpaired) electrons. The number of rotatable bonds is 3. The Labute approximate surface area is 90.0 Å². The molecule has 2 saturated carbocycles. The van der Waals surface area contributed by atoms with Crippen molar-refractivity contribution in [3.05, 3.63) is 0 Å². The molecule has 0 aromatic heterocycles. The van der Waals surface area contributed by atoms with E-state index in [4.69, 9.17) is 17.3 Å². The maximum atomic E-state index is 10.8. The zero-order valence-electron chi connectivity index (χ0n) is 8.78. The van der Waals surface area contributed by atoms with Crippen LogP contribution in [0.3, 0.4) is 0 Å². The van der Waals surface area contributed by atoms with E-state index in [1.165, 1.54) is 0 Å². The number of terminal acetylenes is 1. The molecule has 3 heteroatoms. The second-order valence-electron chi connectivity index (χ2n) is 5.04. The van der Waals surface area contributed by atoms with Crippen LogP contribution in [0.2, 0.25) is 0 Å². The molecule has 0 saturated heterocycles. The summed E-state index contributed by atoms with van der Waals surface area (Å²) in [5, 5.41) is 8.89. The highest BCUT2D eigenvalue weighted by Gasteiger charge is 2.57. The van der Waals surface area contributed by atoms with Crippen molar-refractivity contribution in [2.24, 2.45) is 28.9 Å². The zero-order chi connectivity index (χ0) is 11.1. The summed E-state index contributed by atoms with van der Waals surface area (Å²) in [5.74, 6) is 3.50. The largest absolute Gasteiger partial charge is 0.481 e. The van der Waals surface area contributed by atoms with Gasteiger partial charge in [0.1, 0.15) is 0 Å². The van der Waals surface area contributed by atoms with E-state index in [1.807, 2.05) is 0 Å². The van der Waals surface area contributed by atoms with Crippen molar-refractivity contribution in [3.8, 4) is 12.3 Å². The van der Waals surface area contributed by atoms with Crippen LogP contribution in [0.15, 0.2) is 0 Å². The van der Waals surface area contributed by atoms with E-state index in [2.05, 4.69) is 5.92 Å². The summed E-state index contributed by atoms with van der Waals surface area (Å²) in [4.78, 5) is 10.8. The van der Waals surface area contributed by atoms with Crippen molar-refractivity contribution in [2.75, 3.05) is 6.54 Å². The van der Waals surface area contributed by atoms with Crippen LogP contribution in [0.5, 0.6) is 0 Å². The molecule has 4 atom stereocenters. The van der Waals surface area contributed by atoms with Crippen LogP contribution in [0, 0.1) is 35.5 Å². The highest BCUT2D eigenvalue weighted by molar-refractivity contribution is 5.68. The minimum Gasteiger partial charge on any atom is -0.481 e. The van der Waals surface area contributed by atoms with Gasteiger partial charge in [-0.1, -0.05) is 0 Å². The number of aliphatic carboxylic acids is 1. The Morgan fingerprint density at radius 1 is 1.60 bits per heavy atom. The van der Waals surface area contributed by atoms with Crippen molar-refractivity contribution in [1.29, 1.82) is 0 Å². The second-order valence-corrected chi connectivity index (χ2v) is 5.04. The number of hydrogen-bond donors (Lipinski definition) is 2. The Kier molecular flexibility index (Phi) is 2.47. The molecule has 0 heterocycles. The third-order valence-electron chi connectivity index (χ3n) is 4.30.